The summed E-state index contributed by atoms with van der Waals surface area (Å²) in [6, 6.07) is 8.73. The summed E-state index contributed by atoms with van der Waals surface area (Å²) in [4.78, 5) is 0. The minimum absolute atomic E-state index is 0. The van der Waals surface area contributed by atoms with Gasteiger partial charge in [-0.15, -0.1) is 17.7 Å². The zero-order valence-corrected chi connectivity index (χ0v) is 11.9. The second kappa shape index (κ2) is 4.50. The van der Waals surface area contributed by atoms with Crippen molar-refractivity contribution in [3.05, 3.63) is 41.8 Å². The molecule has 1 aliphatic carbocycles. The largest absolute Gasteiger partial charge is 1.00 e. The van der Waals surface area contributed by atoms with Crippen LogP contribution in [0.25, 0.3) is 0 Å². The van der Waals surface area contributed by atoms with Crippen LogP contribution in [0.15, 0.2) is 24.3 Å². The molecular weight excluding hydrogens is 183 g/mol. The number of rotatable bonds is 0. The molecule has 0 bridgehead atoms. The van der Waals surface area contributed by atoms with Crippen molar-refractivity contribution in [1.82, 2.24) is 0 Å². The number of hydrogen-bond acceptors (Lipinski definition) is 0. The molecule has 0 amide bonds. The van der Waals surface area contributed by atoms with Gasteiger partial charge < -0.3 is 0 Å². The molecule has 0 spiro atoms. The van der Waals surface area contributed by atoms with Gasteiger partial charge in [-0.25, -0.2) is 0 Å². The van der Waals surface area contributed by atoms with Gasteiger partial charge in [0.25, 0.3) is 0 Å². The van der Waals surface area contributed by atoms with Crippen molar-refractivity contribution in [2.45, 2.75) is 32.1 Å². The molecule has 1 aliphatic rings. The van der Waals surface area contributed by atoms with Gasteiger partial charge in [0.1, 0.15) is 0 Å². The van der Waals surface area contributed by atoms with E-state index in [0.717, 1.165) is 0 Å². The summed E-state index contributed by atoms with van der Waals surface area (Å²) >= 11 is 0. The fraction of sp³-hybridized carbons (Fsp3) is 0.417. The van der Waals surface area contributed by atoms with Crippen molar-refractivity contribution in [2.24, 2.45) is 0 Å². The van der Waals surface area contributed by atoms with Gasteiger partial charge in [0, 0.05) is 0 Å². The van der Waals surface area contributed by atoms with Crippen LogP contribution in [0.2, 0.25) is 0 Å². The molecule has 0 saturated heterocycles. The first kappa shape index (κ1) is 11.8. The predicted molar refractivity (Wildman–Crippen MR) is 52.1 cm³/mol. The van der Waals surface area contributed by atoms with E-state index < -0.39 is 0 Å². The molecule has 0 atom stereocenters. The van der Waals surface area contributed by atoms with E-state index in [0.29, 0.717) is 5.41 Å². The molecule has 0 aromatic heterocycles. The Kier molecular flexibility index (Phi) is 4.08. The van der Waals surface area contributed by atoms with Crippen LogP contribution in [0, 0.1) is 6.42 Å². The fourth-order valence-corrected chi connectivity index (χ4v) is 2.01. The third-order valence-electron chi connectivity index (χ3n) is 2.82. The molecule has 0 nitrogen and oxygen atoms in total. The van der Waals surface area contributed by atoms with Crippen molar-refractivity contribution in [3.63, 3.8) is 0 Å². The Morgan fingerprint density at radius 1 is 1.23 bits per heavy atom. The SMILES string of the molecule is CC1(C)CC[CH-]c2ccccc21.[K+]. The smallest absolute Gasteiger partial charge is 0.188 e. The standard InChI is InChI=1S/C12H15.K/c1-12(2)9-5-7-10-6-3-4-8-11(10)12;/h3-4,6-8H,5,9H2,1-2H3;/q-1;+1. The van der Waals surface area contributed by atoms with Crippen LogP contribution in [0.3, 0.4) is 0 Å². The van der Waals surface area contributed by atoms with E-state index in [1.807, 2.05) is 0 Å². The average molecular weight is 198 g/mol. The van der Waals surface area contributed by atoms with Crippen molar-refractivity contribution in [1.29, 1.82) is 0 Å². The maximum Gasteiger partial charge on any atom is 1.00 e. The molecule has 0 unspecified atom stereocenters. The zero-order chi connectivity index (χ0) is 8.60. The maximum atomic E-state index is 2.35. The summed E-state index contributed by atoms with van der Waals surface area (Å²) in [6.45, 7) is 4.66. The Morgan fingerprint density at radius 3 is 2.62 bits per heavy atom. The molecule has 2 rings (SSSR count). The summed E-state index contributed by atoms with van der Waals surface area (Å²) in [5, 5.41) is 0. The number of fused-ring (bicyclic) bond motifs is 1. The molecule has 13 heavy (non-hydrogen) atoms. The van der Waals surface area contributed by atoms with Gasteiger partial charge in [-0.05, 0) is 0 Å². The third kappa shape index (κ3) is 2.39. The quantitative estimate of drug-likeness (QED) is 0.416. The third-order valence-corrected chi connectivity index (χ3v) is 2.82. The summed E-state index contributed by atoms with van der Waals surface area (Å²) in [5.74, 6) is 0. The molecule has 1 heteroatoms. The van der Waals surface area contributed by atoms with Crippen LogP contribution in [0.5, 0.6) is 0 Å². The van der Waals surface area contributed by atoms with E-state index >= 15 is 0 Å². The van der Waals surface area contributed by atoms with E-state index in [4.69, 9.17) is 0 Å². The molecule has 1 aromatic carbocycles. The molecule has 0 fully saturated rings. The van der Waals surface area contributed by atoms with Gasteiger partial charge in [-0.2, -0.15) is 18.1 Å². The summed E-state index contributed by atoms with van der Waals surface area (Å²) in [5.41, 5.74) is 3.33. The molecule has 0 saturated carbocycles. The van der Waals surface area contributed by atoms with E-state index in [9.17, 15) is 0 Å². The Balaban J connectivity index is 0.000000845. The van der Waals surface area contributed by atoms with Gasteiger partial charge in [0.2, 0.25) is 0 Å². The first-order valence-corrected chi connectivity index (χ1v) is 4.63. The summed E-state index contributed by atoms with van der Waals surface area (Å²) in [6.07, 6.45) is 4.86. The molecule has 0 radical (unpaired) electrons. The second-order valence-corrected chi connectivity index (χ2v) is 4.21. The van der Waals surface area contributed by atoms with Crippen LogP contribution < -0.4 is 51.4 Å². The first-order chi connectivity index (χ1) is 5.70. The van der Waals surface area contributed by atoms with Crippen LogP contribution in [0.1, 0.15) is 37.8 Å². The van der Waals surface area contributed by atoms with E-state index in [-0.39, 0.29) is 51.4 Å². The fourth-order valence-electron chi connectivity index (χ4n) is 2.01. The van der Waals surface area contributed by atoms with Crippen molar-refractivity contribution >= 4 is 0 Å². The van der Waals surface area contributed by atoms with Crippen LogP contribution in [-0.2, 0) is 5.41 Å². The van der Waals surface area contributed by atoms with Crippen molar-refractivity contribution in [3.8, 4) is 0 Å². The van der Waals surface area contributed by atoms with Gasteiger partial charge in [-0.1, -0.05) is 38.2 Å². The molecular formula is C12H15K. The monoisotopic (exact) mass is 198 g/mol. The average Bonchev–Trinajstić information content (AvgIpc) is 2.04. The van der Waals surface area contributed by atoms with E-state index in [2.05, 4.69) is 44.5 Å². The van der Waals surface area contributed by atoms with E-state index in [1.165, 1.54) is 24.0 Å². The Labute approximate surface area is 124 Å². The van der Waals surface area contributed by atoms with Crippen LogP contribution in [0.4, 0.5) is 0 Å². The maximum absolute atomic E-state index is 2.35. The topological polar surface area (TPSA) is 0 Å². The number of benzene rings is 1. The Bertz CT molecular complexity index is 289. The van der Waals surface area contributed by atoms with E-state index in [1.54, 1.807) is 0 Å². The van der Waals surface area contributed by atoms with Gasteiger partial charge >= 0.3 is 51.4 Å². The minimum Gasteiger partial charge on any atom is -0.188 e. The number of hydrogen-bond donors (Lipinski definition) is 0. The Hall–Kier alpha value is 0.726. The minimum atomic E-state index is 0. The Morgan fingerprint density at radius 2 is 1.92 bits per heavy atom. The van der Waals surface area contributed by atoms with Gasteiger partial charge in [0.05, 0.1) is 0 Å². The normalized spacial score (nSPS) is 18.0. The molecule has 0 aliphatic heterocycles. The van der Waals surface area contributed by atoms with Crippen molar-refractivity contribution in [2.75, 3.05) is 0 Å². The molecule has 64 valence electrons. The predicted octanol–water partition coefficient (Wildman–Crippen LogP) is 0.314. The van der Waals surface area contributed by atoms with Gasteiger partial charge in [0.15, 0.2) is 0 Å². The molecule has 0 N–H and O–H groups in total. The summed E-state index contributed by atoms with van der Waals surface area (Å²) in [7, 11) is 0. The van der Waals surface area contributed by atoms with Gasteiger partial charge in [-0.3, -0.25) is 0 Å². The molecule has 1 aromatic rings. The first-order valence-electron chi connectivity index (χ1n) is 4.63. The summed E-state index contributed by atoms with van der Waals surface area (Å²) < 4.78 is 0. The molecule has 0 heterocycles. The van der Waals surface area contributed by atoms with Crippen molar-refractivity contribution < 1.29 is 51.4 Å². The second-order valence-electron chi connectivity index (χ2n) is 4.21. The zero-order valence-electron chi connectivity index (χ0n) is 8.80. The van der Waals surface area contributed by atoms with Crippen LogP contribution >= 0.6 is 0 Å². The van der Waals surface area contributed by atoms with Crippen LogP contribution in [-0.4, -0.2) is 0 Å².